The van der Waals surface area contributed by atoms with Crippen molar-refractivity contribution in [3.05, 3.63) is 57.8 Å². The molecule has 9 heteroatoms. The SMILES string of the molecule is O=C(NCCN1CCN(C(=O)c2ccc(C(F)(F)F)cc2)CC1)c1ccsc1. The van der Waals surface area contributed by atoms with Crippen LogP contribution < -0.4 is 5.32 Å². The number of carbonyl (C=O) groups excluding carboxylic acids is 2. The maximum absolute atomic E-state index is 12.6. The van der Waals surface area contributed by atoms with Gasteiger partial charge in [-0.1, -0.05) is 0 Å². The van der Waals surface area contributed by atoms with E-state index in [1.54, 1.807) is 16.3 Å². The Bertz CT molecular complexity index is 799. The average Bonchev–Trinajstić information content (AvgIpc) is 3.22. The first kappa shape index (κ1) is 20.3. The standard InChI is InChI=1S/C19H20F3N3O2S/c20-19(21,22)16-3-1-14(2-4-16)18(27)25-10-8-24(9-11-25)7-6-23-17(26)15-5-12-28-13-15/h1-5,12-13H,6-11H2,(H,23,26). The van der Waals surface area contributed by atoms with Crippen LogP contribution in [0.25, 0.3) is 0 Å². The fraction of sp³-hybridized carbons (Fsp3) is 0.368. The number of hydrogen-bond acceptors (Lipinski definition) is 4. The highest BCUT2D eigenvalue weighted by molar-refractivity contribution is 7.08. The van der Waals surface area contributed by atoms with Crippen LogP contribution in [0.5, 0.6) is 0 Å². The molecule has 0 aliphatic carbocycles. The zero-order chi connectivity index (χ0) is 20.1. The molecule has 3 rings (SSSR count). The van der Waals surface area contributed by atoms with Crippen molar-refractivity contribution in [2.75, 3.05) is 39.3 Å². The van der Waals surface area contributed by atoms with Crippen LogP contribution in [0.15, 0.2) is 41.1 Å². The molecule has 1 fully saturated rings. The molecular weight excluding hydrogens is 391 g/mol. The number of nitrogens with one attached hydrogen (secondary N) is 1. The molecule has 1 aromatic heterocycles. The Labute approximate surface area is 164 Å². The quantitative estimate of drug-likeness (QED) is 0.823. The third-order valence-electron chi connectivity index (χ3n) is 4.62. The Kier molecular flexibility index (Phi) is 6.35. The molecule has 2 aromatic rings. The number of thiophene rings is 1. The van der Waals surface area contributed by atoms with E-state index in [0.29, 0.717) is 44.8 Å². The number of rotatable bonds is 5. The molecule has 150 valence electrons. The van der Waals surface area contributed by atoms with Gasteiger partial charge in [-0.15, -0.1) is 0 Å². The van der Waals surface area contributed by atoms with E-state index >= 15 is 0 Å². The van der Waals surface area contributed by atoms with Gasteiger partial charge in [0.25, 0.3) is 11.8 Å². The Hall–Kier alpha value is -2.39. The Morgan fingerprint density at radius 1 is 1.00 bits per heavy atom. The molecular formula is C19H20F3N3O2S. The van der Waals surface area contributed by atoms with Crippen molar-refractivity contribution >= 4 is 23.2 Å². The van der Waals surface area contributed by atoms with E-state index in [0.717, 1.165) is 12.1 Å². The number of halogens is 3. The summed E-state index contributed by atoms with van der Waals surface area (Å²) in [4.78, 5) is 28.1. The molecule has 0 radical (unpaired) electrons. The first-order chi connectivity index (χ1) is 13.3. The van der Waals surface area contributed by atoms with Crippen LogP contribution in [0.1, 0.15) is 26.3 Å². The van der Waals surface area contributed by atoms with Crippen molar-refractivity contribution in [1.29, 1.82) is 0 Å². The van der Waals surface area contributed by atoms with Crippen molar-refractivity contribution in [2.24, 2.45) is 0 Å². The Morgan fingerprint density at radius 3 is 2.25 bits per heavy atom. The number of carbonyl (C=O) groups is 2. The maximum atomic E-state index is 12.6. The molecule has 2 amide bonds. The minimum Gasteiger partial charge on any atom is -0.351 e. The van der Waals surface area contributed by atoms with Crippen LogP contribution in [0.4, 0.5) is 13.2 Å². The van der Waals surface area contributed by atoms with Crippen LogP contribution in [0, 0.1) is 0 Å². The molecule has 0 saturated carbocycles. The van der Waals surface area contributed by atoms with Gasteiger partial charge in [0.05, 0.1) is 5.56 Å². The first-order valence-electron chi connectivity index (χ1n) is 8.84. The van der Waals surface area contributed by atoms with Crippen LogP contribution in [0.3, 0.4) is 0 Å². The lowest BCUT2D eigenvalue weighted by Crippen LogP contribution is -2.50. The zero-order valence-electron chi connectivity index (χ0n) is 15.0. The molecule has 1 N–H and O–H groups in total. The molecule has 5 nitrogen and oxygen atoms in total. The highest BCUT2D eigenvalue weighted by Gasteiger charge is 2.30. The van der Waals surface area contributed by atoms with E-state index < -0.39 is 11.7 Å². The molecule has 0 bridgehead atoms. The van der Waals surface area contributed by atoms with Crippen molar-refractivity contribution in [3.8, 4) is 0 Å². The van der Waals surface area contributed by atoms with Crippen molar-refractivity contribution in [2.45, 2.75) is 6.18 Å². The van der Waals surface area contributed by atoms with Gasteiger partial charge in [0.2, 0.25) is 0 Å². The minimum atomic E-state index is -4.41. The lowest BCUT2D eigenvalue weighted by atomic mass is 10.1. The van der Waals surface area contributed by atoms with E-state index in [1.165, 1.54) is 23.5 Å². The summed E-state index contributed by atoms with van der Waals surface area (Å²) in [7, 11) is 0. The third-order valence-corrected chi connectivity index (χ3v) is 5.30. The fourth-order valence-electron chi connectivity index (χ4n) is 2.98. The second-order valence-electron chi connectivity index (χ2n) is 6.48. The van der Waals surface area contributed by atoms with Crippen molar-refractivity contribution in [3.63, 3.8) is 0 Å². The van der Waals surface area contributed by atoms with Gasteiger partial charge >= 0.3 is 6.18 Å². The number of nitrogens with zero attached hydrogens (tertiary/aromatic N) is 2. The Balaban J connectivity index is 1.43. The number of piperazine rings is 1. The lowest BCUT2D eigenvalue weighted by molar-refractivity contribution is -0.137. The summed E-state index contributed by atoms with van der Waals surface area (Å²) in [5.41, 5.74) is 0.139. The van der Waals surface area contributed by atoms with Crippen LogP contribution >= 0.6 is 11.3 Å². The minimum absolute atomic E-state index is 0.0997. The van der Waals surface area contributed by atoms with Gasteiger partial charge in [0.1, 0.15) is 0 Å². The largest absolute Gasteiger partial charge is 0.416 e. The van der Waals surface area contributed by atoms with Crippen molar-refractivity contribution < 1.29 is 22.8 Å². The van der Waals surface area contributed by atoms with Crippen molar-refractivity contribution in [1.82, 2.24) is 15.1 Å². The van der Waals surface area contributed by atoms with E-state index in [4.69, 9.17) is 0 Å². The molecule has 0 spiro atoms. The molecule has 1 saturated heterocycles. The summed E-state index contributed by atoms with van der Waals surface area (Å²) in [6, 6.07) is 6.07. The number of hydrogen-bond donors (Lipinski definition) is 1. The second-order valence-corrected chi connectivity index (χ2v) is 7.26. The molecule has 0 unspecified atom stereocenters. The fourth-order valence-corrected chi connectivity index (χ4v) is 3.62. The van der Waals surface area contributed by atoms with Gasteiger partial charge in [-0.05, 0) is 35.7 Å². The summed E-state index contributed by atoms with van der Waals surface area (Å²) < 4.78 is 37.9. The number of benzene rings is 1. The van der Waals surface area contributed by atoms with Gasteiger partial charge in [0.15, 0.2) is 0 Å². The van der Waals surface area contributed by atoms with Gasteiger partial charge in [0, 0.05) is 55.8 Å². The summed E-state index contributed by atoms with van der Waals surface area (Å²) in [5.74, 6) is -0.364. The monoisotopic (exact) mass is 411 g/mol. The van der Waals surface area contributed by atoms with E-state index in [1.807, 2.05) is 5.38 Å². The first-order valence-corrected chi connectivity index (χ1v) is 9.78. The lowest BCUT2D eigenvalue weighted by Gasteiger charge is -2.34. The summed E-state index contributed by atoms with van der Waals surface area (Å²) in [6.45, 7) is 3.50. The van der Waals surface area contributed by atoms with Gasteiger partial charge in [-0.2, -0.15) is 24.5 Å². The normalized spacial score (nSPS) is 15.5. The predicted octanol–water partition coefficient (Wildman–Crippen LogP) is 2.95. The van der Waals surface area contributed by atoms with Crippen LogP contribution in [-0.2, 0) is 6.18 Å². The Morgan fingerprint density at radius 2 is 1.68 bits per heavy atom. The second kappa shape index (κ2) is 8.74. The van der Waals surface area contributed by atoms with E-state index in [-0.39, 0.29) is 17.4 Å². The zero-order valence-corrected chi connectivity index (χ0v) is 15.9. The van der Waals surface area contributed by atoms with Gasteiger partial charge in [-0.3, -0.25) is 14.5 Å². The van der Waals surface area contributed by atoms with Gasteiger partial charge < -0.3 is 10.2 Å². The topological polar surface area (TPSA) is 52.7 Å². The number of amides is 2. The summed E-state index contributed by atoms with van der Waals surface area (Å²) >= 11 is 1.47. The van der Waals surface area contributed by atoms with Gasteiger partial charge in [-0.25, -0.2) is 0 Å². The molecule has 1 aliphatic heterocycles. The highest BCUT2D eigenvalue weighted by Crippen LogP contribution is 2.29. The highest BCUT2D eigenvalue weighted by atomic mass is 32.1. The van der Waals surface area contributed by atoms with E-state index in [9.17, 15) is 22.8 Å². The van der Waals surface area contributed by atoms with E-state index in [2.05, 4.69) is 10.2 Å². The molecule has 2 heterocycles. The summed E-state index contributed by atoms with van der Waals surface area (Å²) in [6.07, 6.45) is -4.41. The predicted molar refractivity (Wildman–Crippen MR) is 100 cm³/mol. The smallest absolute Gasteiger partial charge is 0.351 e. The molecule has 1 aliphatic rings. The number of alkyl halides is 3. The third kappa shape index (κ3) is 5.11. The molecule has 1 aromatic carbocycles. The van der Waals surface area contributed by atoms with Crippen LogP contribution in [0.2, 0.25) is 0 Å². The average molecular weight is 411 g/mol. The maximum Gasteiger partial charge on any atom is 0.416 e. The molecule has 28 heavy (non-hydrogen) atoms. The summed E-state index contributed by atoms with van der Waals surface area (Å²) in [5, 5.41) is 6.50. The van der Waals surface area contributed by atoms with Crippen LogP contribution in [-0.4, -0.2) is 60.9 Å². The molecule has 0 atom stereocenters.